The molecule has 0 aliphatic heterocycles. The van der Waals surface area contributed by atoms with Crippen molar-refractivity contribution in [3.05, 3.63) is 78.4 Å². The van der Waals surface area contributed by atoms with Gasteiger partial charge in [-0.25, -0.2) is 0 Å². The average Bonchev–Trinajstić information content (AvgIpc) is 2.48. The van der Waals surface area contributed by atoms with Crippen LogP contribution in [-0.4, -0.2) is 0 Å². The summed E-state index contributed by atoms with van der Waals surface area (Å²) in [5.41, 5.74) is 1.18. The minimum atomic E-state index is 0.0169. The molecule has 0 N–H and O–H groups in total. The van der Waals surface area contributed by atoms with Gasteiger partial charge < -0.3 is 4.74 Å². The van der Waals surface area contributed by atoms with E-state index in [-0.39, 0.29) is 6.10 Å². The van der Waals surface area contributed by atoms with Crippen LogP contribution in [0.3, 0.4) is 0 Å². The van der Waals surface area contributed by atoms with Gasteiger partial charge in [0.2, 0.25) is 0 Å². The van der Waals surface area contributed by atoms with Gasteiger partial charge in [0, 0.05) is 6.07 Å². The zero-order valence-corrected chi connectivity index (χ0v) is 10.8. The molecule has 1 radical (unpaired) electrons. The zero-order valence-electron chi connectivity index (χ0n) is 10.8. The smallest absolute Gasteiger partial charge is 0.128 e. The van der Waals surface area contributed by atoms with Crippen molar-refractivity contribution in [3.8, 4) is 5.75 Å². The summed E-state index contributed by atoms with van der Waals surface area (Å²) in [6.07, 6.45) is 0.0169. The molecule has 0 heterocycles. The Hall–Kier alpha value is -2.28. The highest BCUT2D eigenvalue weighted by Crippen LogP contribution is 2.24. The SMILES string of the molecule is CC(Oc1[c]cccc1)c1ccc2ccccc2c1. The van der Waals surface area contributed by atoms with E-state index in [2.05, 4.69) is 55.5 Å². The fraction of sp³-hybridized carbons (Fsp3) is 0.111. The first-order chi connectivity index (χ1) is 9.33. The Morgan fingerprint density at radius 1 is 0.895 bits per heavy atom. The lowest BCUT2D eigenvalue weighted by Crippen LogP contribution is -2.02. The number of fused-ring (bicyclic) bond motifs is 1. The Kier molecular flexibility index (Phi) is 3.20. The third-order valence-electron chi connectivity index (χ3n) is 3.23. The molecule has 0 spiro atoms. The maximum atomic E-state index is 5.89. The molecule has 3 aromatic rings. The molecule has 0 bridgehead atoms. The summed E-state index contributed by atoms with van der Waals surface area (Å²) in [5, 5.41) is 2.50. The second-order valence-electron chi connectivity index (χ2n) is 4.59. The van der Waals surface area contributed by atoms with Crippen molar-refractivity contribution < 1.29 is 4.74 Å². The van der Waals surface area contributed by atoms with Crippen LogP contribution in [0.25, 0.3) is 10.8 Å². The fourth-order valence-electron chi connectivity index (χ4n) is 2.17. The quantitative estimate of drug-likeness (QED) is 0.647. The predicted molar refractivity (Wildman–Crippen MR) is 78.3 cm³/mol. The van der Waals surface area contributed by atoms with Crippen molar-refractivity contribution in [1.82, 2.24) is 0 Å². The largest absolute Gasteiger partial charge is 0.485 e. The fourth-order valence-corrected chi connectivity index (χ4v) is 2.17. The van der Waals surface area contributed by atoms with Gasteiger partial charge in [-0.15, -0.1) is 0 Å². The zero-order chi connectivity index (χ0) is 13.1. The van der Waals surface area contributed by atoms with Crippen LogP contribution in [0.4, 0.5) is 0 Å². The Balaban J connectivity index is 1.87. The van der Waals surface area contributed by atoms with Crippen LogP contribution in [0, 0.1) is 6.07 Å². The standard InChI is InChI=1S/C18H15O/c1-14(19-18-9-3-2-4-10-18)16-12-11-15-7-5-6-8-17(15)13-16/h2-9,11-14H,1H3. The van der Waals surface area contributed by atoms with Crippen LogP contribution in [0.1, 0.15) is 18.6 Å². The molecule has 3 aromatic carbocycles. The lowest BCUT2D eigenvalue weighted by atomic mass is 10.0. The van der Waals surface area contributed by atoms with Gasteiger partial charge >= 0.3 is 0 Å². The van der Waals surface area contributed by atoms with Gasteiger partial charge in [0.1, 0.15) is 11.9 Å². The molecule has 0 aliphatic carbocycles. The van der Waals surface area contributed by atoms with Gasteiger partial charge in [-0.1, -0.05) is 54.6 Å². The minimum absolute atomic E-state index is 0.0169. The first-order valence-electron chi connectivity index (χ1n) is 6.45. The highest BCUT2D eigenvalue weighted by atomic mass is 16.5. The molecule has 0 aliphatic rings. The van der Waals surface area contributed by atoms with Crippen molar-refractivity contribution in [2.45, 2.75) is 13.0 Å². The van der Waals surface area contributed by atoms with Crippen molar-refractivity contribution in [1.29, 1.82) is 0 Å². The summed E-state index contributed by atoms with van der Waals surface area (Å²) in [7, 11) is 0. The van der Waals surface area contributed by atoms with Crippen LogP contribution >= 0.6 is 0 Å². The Bertz CT molecular complexity index is 673. The van der Waals surface area contributed by atoms with Crippen LogP contribution in [0.15, 0.2) is 66.7 Å². The monoisotopic (exact) mass is 247 g/mol. The van der Waals surface area contributed by atoms with E-state index < -0.39 is 0 Å². The Labute approximate surface area is 113 Å². The molecule has 1 nitrogen and oxygen atoms in total. The number of hydrogen-bond donors (Lipinski definition) is 0. The molecule has 1 atom stereocenters. The van der Waals surface area contributed by atoms with Gasteiger partial charge in [-0.05, 0) is 35.4 Å². The summed E-state index contributed by atoms with van der Waals surface area (Å²) in [5.74, 6) is 0.781. The highest BCUT2D eigenvalue weighted by Gasteiger charge is 2.07. The number of hydrogen-bond acceptors (Lipinski definition) is 1. The molecule has 0 aromatic heterocycles. The van der Waals surface area contributed by atoms with E-state index >= 15 is 0 Å². The summed E-state index contributed by atoms with van der Waals surface area (Å²) in [6.45, 7) is 2.06. The van der Waals surface area contributed by atoms with Crippen LogP contribution in [0.5, 0.6) is 5.75 Å². The van der Waals surface area contributed by atoms with Crippen molar-refractivity contribution in [2.75, 3.05) is 0 Å². The van der Waals surface area contributed by atoms with E-state index in [1.807, 2.05) is 24.3 Å². The third-order valence-corrected chi connectivity index (χ3v) is 3.23. The topological polar surface area (TPSA) is 9.23 Å². The molecular formula is C18H15O. The van der Waals surface area contributed by atoms with Crippen molar-refractivity contribution >= 4 is 10.8 Å². The summed E-state index contributed by atoms with van der Waals surface area (Å²) >= 11 is 0. The molecule has 0 fully saturated rings. The molecule has 1 heteroatoms. The summed E-state index contributed by atoms with van der Waals surface area (Å²) < 4.78 is 5.89. The van der Waals surface area contributed by atoms with Gasteiger partial charge in [0.25, 0.3) is 0 Å². The van der Waals surface area contributed by atoms with E-state index in [9.17, 15) is 0 Å². The molecule has 93 valence electrons. The average molecular weight is 247 g/mol. The number of para-hydroxylation sites is 1. The number of benzene rings is 3. The van der Waals surface area contributed by atoms with Crippen molar-refractivity contribution in [2.24, 2.45) is 0 Å². The molecular weight excluding hydrogens is 232 g/mol. The van der Waals surface area contributed by atoms with E-state index in [0.29, 0.717) is 0 Å². The van der Waals surface area contributed by atoms with Gasteiger partial charge in [-0.3, -0.25) is 0 Å². The maximum Gasteiger partial charge on any atom is 0.128 e. The predicted octanol–water partition coefficient (Wildman–Crippen LogP) is 4.78. The van der Waals surface area contributed by atoms with Crippen molar-refractivity contribution in [3.63, 3.8) is 0 Å². The third kappa shape index (κ3) is 2.60. The lowest BCUT2D eigenvalue weighted by molar-refractivity contribution is 0.226. The van der Waals surface area contributed by atoms with Gasteiger partial charge in [-0.2, -0.15) is 0 Å². The maximum absolute atomic E-state index is 5.89. The second kappa shape index (κ2) is 5.15. The summed E-state index contributed by atoms with van der Waals surface area (Å²) in [4.78, 5) is 0. The first-order valence-corrected chi connectivity index (χ1v) is 6.45. The second-order valence-corrected chi connectivity index (χ2v) is 4.59. The van der Waals surface area contributed by atoms with Gasteiger partial charge in [0.15, 0.2) is 0 Å². The van der Waals surface area contributed by atoms with E-state index in [0.717, 1.165) is 5.75 Å². The molecule has 3 rings (SSSR count). The lowest BCUT2D eigenvalue weighted by Gasteiger charge is -2.15. The number of ether oxygens (including phenoxy) is 1. The Morgan fingerprint density at radius 2 is 1.68 bits per heavy atom. The first kappa shape index (κ1) is 11.8. The van der Waals surface area contributed by atoms with Crippen LogP contribution < -0.4 is 4.74 Å². The van der Waals surface area contributed by atoms with E-state index in [4.69, 9.17) is 4.74 Å². The summed E-state index contributed by atoms with van der Waals surface area (Å²) in [6, 6.07) is 25.6. The van der Waals surface area contributed by atoms with Crippen LogP contribution in [-0.2, 0) is 0 Å². The van der Waals surface area contributed by atoms with E-state index in [1.54, 1.807) is 0 Å². The van der Waals surface area contributed by atoms with Gasteiger partial charge in [0.05, 0.1) is 0 Å². The molecule has 0 saturated carbocycles. The molecule has 19 heavy (non-hydrogen) atoms. The molecule has 0 saturated heterocycles. The molecule has 0 amide bonds. The van der Waals surface area contributed by atoms with E-state index in [1.165, 1.54) is 16.3 Å². The van der Waals surface area contributed by atoms with Crippen LogP contribution in [0.2, 0.25) is 0 Å². The Morgan fingerprint density at radius 3 is 2.47 bits per heavy atom. The number of rotatable bonds is 3. The molecule has 1 unspecified atom stereocenters. The highest BCUT2D eigenvalue weighted by molar-refractivity contribution is 5.83. The normalized spacial score (nSPS) is 12.3. The minimum Gasteiger partial charge on any atom is -0.485 e.